The maximum absolute atomic E-state index is 12.7. The molecular weight excluding hydrogens is 254 g/mol. The molecule has 2 rings (SSSR count). The van der Waals surface area contributed by atoms with E-state index >= 15 is 0 Å². The van der Waals surface area contributed by atoms with Gasteiger partial charge < -0.3 is 15.0 Å². The van der Waals surface area contributed by atoms with Crippen molar-refractivity contribution in [3.05, 3.63) is 24.0 Å². The van der Waals surface area contributed by atoms with Crippen LogP contribution in [0.15, 0.2) is 18.5 Å². The van der Waals surface area contributed by atoms with E-state index in [-0.39, 0.29) is 5.91 Å². The number of carbonyl (C=O) groups is 1. The van der Waals surface area contributed by atoms with Crippen LogP contribution in [0.2, 0.25) is 0 Å². The Bertz CT molecular complexity index is 446. The highest BCUT2D eigenvalue weighted by atomic mass is 16.5. The maximum atomic E-state index is 12.7. The molecule has 1 aromatic heterocycles. The van der Waals surface area contributed by atoms with Gasteiger partial charge in [-0.2, -0.15) is 0 Å². The van der Waals surface area contributed by atoms with Gasteiger partial charge in [-0.05, 0) is 25.3 Å². The topological polar surface area (TPSA) is 54.5 Å². The van der Waals surface area contributed by atoms with Gasteiger partial charge in [-0.25, -0.2) is 0 Å². The molecule has 110 valence electrons. The molecule has 5 nitrogen and oxygen atoms in total. The zero-order valence-corrected chi connectivity index (χ0v) is 12.3. The Hall–Kier alpha value is -1.62. The zero-order valence-electron chi connectivity index (χ0n) is 12.3. The van der Waals surface area contributed by atoms with Crippen molar-refractivity contribution >= 4 is 11.6 Å². The van der Waals surface area contributed by atoms with Gasteiger partial charge in [-0.3, -0.25) is 9.78 Å². The minimum atomic E-state index is 0.0746. The molecule has 1 aliphatic rings. The van der Waals surface area contributed by atoms with E-state index in [0.29, 0.717) is 24.8 Å². The number of pyridine rings is 1. The van der Waals surface area contributed by atoms with Crippen LogP contribution in [0, 0.1) is 0 Å². The van der Waals surface area contributed by atoms with E-state index in [1.54, 1.807) is 25.6 Å². The second-order valence-electron chi connectivity index (χ2n) is 5.07. The fraction of sp³-hybridized carbons (Fsp3) is 0.600. The number of rotatable bonds is 8. The lowest BCUT2D eigenvalue weighted by Gasteiger charge is -2.23. The highest BCUT2D eigenvalue weighted by molar-refractivity contribution is 5.99. The molecule has 1 fully saturated rings. The number of nitrogens with one attached hydrogen (secondary N) is 1. The van der Waals surface area contributed by atoms with Crippen LogP contribution in [0.4, 0.5) is 5.69 Å². The van der Waals surface area contributed by atoms with Gasteiger partial charge in [0.25, 0.3) is 5.91 Å². The maximum Gasteiger partial charge on any atom is 0.256 e. The van der Waals surface area contributed by atoms with Crippen molar-refractivity contribution in [1.82, 2.24) is 9.88 Å². The van der Waals surface area contributed by atoms with Crippen LogP contribution in [0.5, 0.6) is 0 Å². The number of methoxy groups -OCH3 is 1. The third-order valence-corrected chi connectivity index (χ3v) is 3.40. The summed E-state index contributed by atoms with van der Waals surface area (Å²) in [6.07, 6.45) is 6.60. The van der Waals surface area contributed by atoms with Crippen molar-refractivity contribution in [2.75, 3.05) is 32.1 Å². The molecule has 0 unspecified atom stereocenters. The first-order chi connectivity index (χ1) is 9.77. The van der Waals surface area contributed by atoms with Gasteiger partial charge >= 0.3 is 0 Å². The second-order valence-corrected chi connectivity index (χ2v) is 5.07. The van der Waals surface area contributed by atoms with Crippen molar-refractivity contribution in [3.8, 4) is 0 Å². The highest BCUT2D eigenvalue weighted by Crippen LogP contribution is 2.29. The van der Waals surface area contributed by atoms with Crippen LogP contribution >= 0.6 is 0 Å². The molecule has 1 heterocycles. The van der Waals surface area contributed by atoms with Crippen molar-refractivity contribution in [1.29, 1.82) is 0 Å². The van der Waals surface area contributed by atoms with Crippen LogP contribution in [-0.2, 0) is 4.74 Å². The number of aromatic nitrogens is 1. The van der Waals surface area contributed by atoms with E-state index in [9.17, 15) is 4.79 Å². The van der Waals surface area contributed by atoms with E-state index < -0.39 is 0 Å². The Morgan fingerprint density at radius 3 is 3.00 bits per heavy atom. The van der Waals surface area contributed by atoms with E-state index in [1.165, 1.54) is 0 Å². The van der Waals surface area contributed by atoms with Gasteiger partial charge in [0.15, 0.2) is 0 Å². The fourth-order valence-electron chi connectivity index (χ4n) is 2.16. The van der Waals surface area contributed by atoms with Crippen LogP contribution in [-0.4, -0.2) is 48.6 Å². The third kappa shape index (κ3) is 3.70. The van der Waals surface area contributed by atoms with Crippen LogP contribution in [0.3, 0.4) is 0 Å². The number of ether oxygens (including phenoxy) is 1. The molecule has 0 saturated heterocycles. The average molecular weight is 277 g/mol. The smallest absolute Gasteiger partial charge is 0.256 e. The molecule has 0 aromatic carbocycles. The second kappa shape index (κ2) is 7.24. The molecule has 1 saturated carbocycles. The minimum Gasteiger partial charge on any atom is -0.383 e. The van der Waals surface area contributed by atoms with Gasteiger partial charge in [-0.15, -0.1) is 0 Å². The summed E-state index contributed by atoms with van der Waals surface area (Å²) in [5, 5.41) is 3.27. The summed E-state index contributed by atoms with van der Waals surface area (Å²) in [7, 11) is 1.66. The largest absolute Gasteiger partial charge is 0.383 e. The van der Waals surface area contributed by atoms with Gasteiger partial charge in [0.05, 0.1) is 24.1 Å². The van der Waals surface area contributed by atoms with Gasteiger partial charge in [0.1, 0.15) is 0 Å². The van der Waals surface area contributed by atoms with Crippen LogP contribution < -0.4 is 5.32 Å². The van der Waals surface area contributed by atoms with Crippen LogP contribution in [0.25, 0.3) is 0 Å². The summed E-state index contributed by atoms with van der Waals surface area (Å²) < 4.78 is 5.11. The van der Waals surface area contributed by atoms with Crippen molar-refractivity contribution in [2.45, 2.75) is 32.2 Å². The molecule has 1 aliphatic carbocycles. The lowest BCUT2D eigenvalue weighted by Crippen LogP contribution is -2.36. The molecular formula is C15H23N3O2. The number of carbonyl (C=O) groups excluding carboxylic acids is 1. The van der Waals surface area contributed by atoms with E-state index in [4.69, 9.17) is 4.74 Å². The first-order valence-electron chi connectivity index (χ1n) is 7.25. The predicted molar refractivity (Wildman–Crippen MR) is 79.0 cm³/mol. The number of nitrogens with zero attached hydrogens (tertiary/aromatic N) is 2. The Labute approximate surface area is 120 Å². The van der Waals surface area contributed by atoms with Gasteiger partial charge in [0.2, 0.25) is 0 Å². The molecule has 0 spiro atoms. The Morgan fingerprint density at radius 2 is 2.35 bits per heavy atom. The van der Waals surface area contributed by atoms with E-state index in [2.05, 4.69) is 17.2 Å². The average Bonchev–Trinajstić information content (AvgIpc) is 3.30. The number of hydrogen-bond acceptors (Lipinski definition) is 4. The Kier molecular flexibility index (Phi) is 5.35. The quantitative estimate of drug-likeness (QED) is 0.791. The van der Waals surface area contributed by atoms with Gasteiger partial charge in [-0.1, -0.05) is 6.92 Å². The summed E-state index contributed by atoms with van der Waals surface area (Å²) >= 11 is 0. The van der Waals surface area contributed by atoms with Crippen molar-refractivity contribution in [3.63, 3.8) is 0 Å². The summed E-state index contributed by atoms with van der Waals surface area (Å²) in [6.45, 7) is 4.16. The summed E-state index contributed by atoms with van der Waals surface area (Å²) in [5.41, 5.74) is 1.53. The lowest BCUT2D eigenvalue weighted by atomic mass is 10.2. The predicted octanol–water partition coefficient (Wildman–Crippen LogP) is 2.15. The monoisotopic (exact) mass is 277 g/mol. The highest BCUT2D eigenvalue weighted by Gasteiger charge is 2.33. The molecule has 1 amide bonds. The summed E-state index contributed by atoms with van der Waals surface area (Å²) in [5.74, 6) is 0.0746. The molecule has 5 heteroatoms. The molecule has 0 aliphatic heterocycles. The SMILES string of the molecule is CCCNc1cnccc1C(=O)N(CCOC)C1CC1. The minimum absolute atomic E-state index is 0.0746. The Balaban J connectivity index is 2.13. The standard InChI is InChI=1S/C15H23N3O2/c1-3-7-17-14-11-16-8-6-13(14)15(19)18(9-10-20-2)12-4-5-12/h6,8,11-12,17H,3-5,7,9-10H2,1-2H3. The molecule has 0 atom stereocenters. The normalized spacial score (nSPS) is 14.1. The molecule has 0 bridgehead atoms. The molecule has 20 heavy (non-hydrogen) atoms. The van der Waals surface area contributed by atoms with Gasteiger partial charge in [0, 0.05) is 32.4 Å². The zero-order chi connectivity index (χ0) is 14.4. The molecule has 0 radical (unpaired) electrons. The summed E-state index contributed by atoms with van der Waals surface area (Å²) in [4.78, 5) is 18.7. The molecule has 1 aromatic rings. The van der Waals surface area contributed by atoms with Crippen molar-refractivity contribution in [2.24, 2.45) is 0 Å². The molecule has 1 N–H and O–H groups in total. The number of amides is 1. The van der Waals surface area contributed by atoms with Crippen LogP contribution in [0.1, 0.15) is 36.5 Å². The van der Waals surface area contributed by atoms with Crippen molar-refractivity contribution < 1.29 is 9.53 Å². The fourth-order valence-corrected chi connectivity index (χ4v) is 2.16. The van der Waals surface area contributed by atoms with E-state index in [0.717, 1.165) is 31.5 Å². The first-order valence-corrected chi connectivity index (χ1v) is 7.25. The lowest BCUT2D eigenvalue weighted by molar-refractivity contribution is 0.0681. The number of anilines is 1. The first kappa shape index (κ1) is 14.8. The Morgan fingerprint density at radius 1 is 1.55 bits per heavy atom. The third-order valence-electron chi connectivity index (χ3n) is 3.40. The number of hydrogen-bond donors (Lipinski definition) is 1. The van der Waals surface area contributed by atoms with E-state index in [1.807, 2.05) is 4.90 Å². The summed E-state index contributed by atoms with van der Waals surface area (Å²) in [6, 6.07) is 2.17.